The Morgan fingerprint density at radius 3 is 2.15 bits per heavy atom. The second-order valence-corrected chi connectivity index (χ2v) is 8.20. The summed E-state index contributed by atoms with van der Waals surface area (Å²) in [6.45, 7) is 2.56. The minimum Gasteiger partial charge on any atom is -0.304 e. The number of rotatable bonds is 4. The molecule has 1 atom stereocenters. The molecule has 160 valence electrons. The van der Waals surface area contributed by atoms with E-state index in [4.69, 9.17) is 15.0 Å². The van der Waals surface area contributed by atoms with Gasteiger partial charge in [-0.2, -0.15) is 0 Å². The third-order valence-electron chi connectivity index (χ3n) is 6.16. The summed E-state index contributed by atoms with van der Waals surface area (Å²) < 4.78 is 3.68. The first-order chi connectivity index (χ1) is 16.2. The molecule has 0 N–H and O–H groups in total. The molecule has 0 unspecified atom stereocenters. The minimum absolute atomic E-state index is 0.113. The van der Waals surface area contributed by atoms with Gasteiger partial charge >= 0.3 is 0 Å². The van der Waals surface area contributed by atoms with E-state index in [1.807, 2.05) is 84.3 Å². The van der Waals surface area contributed by atoms with Crippen LogP contribution in [0.3, 0.4) is 0 Å². The smallest absolute Gasteiger partial charge is 0.265 e. The molecule has 0 aliphatic rings. The Morgan fingerprint density at radius 2 is 1.42 bits per heavy atom. The van der Waals surface area contributed by atoms with Gasteiger partial charge in [0.25, 0.3) is 5.56 Å². The highest BCUT2D eigenvalue weighted by Gasteiger charge is 2.21. The zero-order chi connectivity index (χ0) is 22.4. The molecule has 0 saturated heterocycles. The fourth-order valence-electron chi connectivity index (χ4n) is 4.40. The normalized spacial score (nSPS) is 12.5. The molecule has 0 fully saturated rings. The Balaban J connectivity index is 1.65. The summed E-state index contributed by atoms with van der Waals surface area (Å²) >= 11 is 0. The van der Waals surface area contributed by atoms with E-state index in [0.717, 1.165) is 22.2 Å². The number of aromatic nitrogens is 5. The van der Waals surface area contributed by atoms with Crippen molar-refractivity contribution in [1.29, 1.82) is 0 Å². The molecule has 0 saturated carbocycles. The fourth-order valence-corrected chi connectivity index (χ4v) is 4.40. The lowest BCUT2D eigenvalue weighted by molar-refractivity contribution is 0.607. The molecule has 3 aromatic heterocycles. The number of hydrogen-bond acceptors (Lipinski definition) is 4. The van der Waals surface area contributed by atoms with Crippen molar-refractivity contribution in [2.75, 3.05) is 0 Å². The summed E-state index contributed by atoms with van der Waals surface area (Å²) in [4.78, 5) is 28.3. The summed E-state index contributed by atoms with van der Waals surface area (Å²) in [5.74, 6) is 0. The van der Waals surface area contributed by atoms with E-state index in [-0.39, 0.29) is 11.6 Å². The highest BCUT2D eigenvalue weighted by Crippen LogP contribution is 2.27. The van der Waals surface area contributed by atoms with Gasteiger partial charge in [-0.05, 0) is 30.2 Å². The van der Waals surface area contributed by atoms with Crippen LogP contribution in [0.15, 0.2) is 96.1 Å². The number of para-hydroxylation sites is 2. The zero-order valence-corrected chi connectivity index (χ0v) is 18.1. The van der Waals surface area contributed by atoms with Crippen molar-refractivity contribution in [3.05, 3.63) is 113 Å². The Labute approximate surface area is 189 Å². The molecule has 0 amide bonds. The Kier molecular flexibility index (Phi) is 4.50. The molecule has 6 rings (SSSR count). The molecule has 6 aromatic rings. The lowest BCUT2D eigenvalue weighted by Gasteiger charge is -2.15. The molecule has 3 aromatic carbocycles. The van der Waals surface area contributed by atoms with Crippen LogP contribution in [0.1, 0.15) is 24.1 Å². The molecular weight excluding hydrogens is 410 g/mol. The third kappa shape index (κ3) is 3.19. The van der Waals surface area contributed by atoms with Crippen LogP contribution in [-0.2, 0) is 6.54 Å². The van der Waals surface area contributed by atoms with E-state index in [0.29, 0.717) is 28.7 Å². The molecule has 6 heteroatoms. The van der Waals surface area contributed by atoms with Crippen LogP contribution in [-0.4, -0.2) is 24.1 Å². The van der Waals surface area contributed by atoms with Crippen molar-refractivity contribution >= 4 is 33.2 Å². The van der Waals surface area contributed by atoms with Crippen LogP contribution < -0.4 is 5.56 Å². The molecule has 33 heavy (non-hydrogen) atoms. The van der Waals surface area contributed by atoms with Crippen LogP contribution in [0.5, 0.6) is 0 Å². The molecule has 6 nitrogen and oxygen atoms in total. The van der Waals surface area contributed by atoms with Crippen molar-refractivity contribution in [1.82, 2.24) is 24.1 Å². The average Bonchev–Trinajstić information content (AvgIpc) is 3.16. The van der Waals surface area contributed by atoms with Crippen molar-refractivity contribution in [3.8, 4) is 0 Å². The molecule has 0 spiro atoms. The number of fused-ring (bicyclic) bond motifs is 4. The summed E-state index contributed by atoms with van der Waals surface area (Å²) in [5.41, 5.74) is 5.45. The quantitative estimate of drug-likeness (QED) is 0.396. The van der Waals surface area contributed by atoms with Gasteiger partial charge in [0, 0.05) is 0 Å². The summed E-state index contributed by atoms with van der Waals surface area (Å²) in [6, 6.07) is 27.7. The van der Waals surface area contributed by atoms with Crippen molar-refractivity contribution < 1.29 is 0 Å². The van der Waals surface area contributed by atoms with Gasteiger partial charge in [0.1, 0.15) is 17.2 Å². The fraction of sp³-hybridized carbons (Fsp3) is 0.111. The van der Waals surface area contributed by atoms with Gasteiger partial charge in [0.2, 0.25) is 0 Å². The van der Waals surface area contributed by atoms with Gasteiger partial charge in [-0.15, -0.1) is 0 Å². The van der Waals surface area contributed by atoms with Crippen molar-refractivity contribution in [3.63, 3.8) is 0 Å². The number of nitrogens with zero attached hydrogens (tertiary/aromatic N) is 5. The molecule has 0 aliphatic heterocycles. The maximum Gasteiger partial charge on any atom is 0.265 e. The zero-order valence-electron chi connectivity index (χ0n) is 18.1. The Hall–Kier alpha value is -4.32. The molecule has 0 radical (unpaired) electrons. The maximum atomic E-state index is 13.8. The van der Waals surface area contributed by atoms with Crippen LogP contribution >= 0.6 is 0 Å². The molecular formula is C27H21N5O. The first kappa shape index (κ1) is 19.4. The van der Waals surface area contributed by atoms with E-state index >= 15 is 0 Å². The van der Waals surface area contributed by atoms with E-state index in [2.05, 4.69) is 12.1 Å². The summed E-state index contributed by atoms with van der Waals surface area (Å²) in [6.07, 6.45) is 1.64. The van der Waals surface area contributed by atoms with Crippen molar-refractivity contribution in [2.24, 2.45) is 0 Å². The van der Waals surface area contributed by atoms with Crippen molar-refractivity contribution in [2.45, 2.75) is 19.5 Å². The van der Waals surface area contributed by atoms with E-state index in [1.165, 1.54) is 0 Å². The van der Waals surface area contributed by atoms with Gasteiger partial charge in [-0.3, -0.25) is 9.36 Å². The van der Waals surface area contributed by atoms with E-state index in [1.54, 1.807) is 10.9 Å². The summed E-state index contributed by atoms with van der Waals surface area (Å²) in [7, 11) is 0. The highest BCUT2D eigenvalue weighted by atomic mass is 16.1. The van der Waals surface area contributed by atoms with Crippen LogP contribution in [0.4, 0.5) is 0 Å². The first-order valence-corrected chi connectivity index (χ1v) is 11.0. The predicted octanol–water partition coefficient (Wildman–Crippen LogP) is 4.95. The topological polar surface area (TPSA) is 65.6 Å². The standard InChI is InChI=1S/C27H21N5O/c1-18(20-12-6-3-7-13-20)32-17-28-25-23(27(32)33)24-26(30-22-15-9-8-14-21(22)29-24)31(25)16-19-10-4-2-5-11-19/h2-15,17-18H,16H2,1H3/t18-/m1/s1. The Morgan fingerprint density at radius 1 is 0.788 bits per heavy atom. The highest BCUT2D eigenvalue weighted by molar-refractivity contribution is 6.04. The Bertz CT molecular complexity index is 1670. The van der Waals surface area contributed by atoms with Crippen LogP contribution in [0.2, 0.25) is 0 Å². The SMILES string of the molecule is C[C@H](c1ccccc1)n1cnc2c(c1=O)c1nc3ccccc3nc1n2Cc1ccccc1. The molecule has 3 heterocycles. The first-order valence-electron chi connectivity index (χ1n) is 11.0. The predicted molar refractivity (Wildman–Crippen MR) is 130 cm³/mol. The molecule has 0 aliphatic carbocycles. The van der Waals surface area contributed by atoms with Gasteiger partial charge in [0.15, 0.2) is 11.3 Å². The summed E-state index contributed by atoms with van der Waals surface area (Å²) in [5, 5.41) is 0.504. The number of hydrogen-bond donors (Lipinski definition) is 0. The minimum atomic E-state index is -0.156. The third-order valence-corrected chi connectivity index (χ3v) is 6.16. The second-order valence-electron chi connectivity index (χ2n) is 8.20. The maximum absolute atomic E-state index is 13.8. The monoisotopic (exact) mass is 431 g/mol. The van der Waals surface area contributed by atoms with Gasteiger partial charge in [-0.25, -0.2) is 15.0 Å². The van der Waals surface area contributed by atoms with Gasteiger partial charge in [-0.1, -0.05) is 72.8 Å². The number of benzene rings is 3. The largest absolute Gasteiger partial charge is 0.304 e. The van der Waals surface area contributed by atoms with E-state index < -0.39 is 0 Å². The molecule has 0 bridgehead atoms. The lowest BCUT2D eigenvalue weighted by atomic mass is 10.1. The van der Waals surface area contributed by atoms with Crippen LogP contribution in [0.25, 0.3) is 33.2 Å². The van der Waals surface area contributed by atoms with Gasteiger partial charge < -0.3 is 4.57 Å². The second kappa shape index (κ2) is 7.67. The van der Waals surface area contributed by atoms with Gasteiger partial charge in [0.05, 0.1) is 23.6 Å². The van der Waals surface area contributed by atoms with Crippen LogP contribution in [0, 0.1) is 0 Å². The lowest BCUT2D eigenvalue weighted by Crippen LogP contribution is -2.24. The average molecular weight is 431 g/mol. The van der Waals surface area contributed by atoms with E-state index in [9.17, 15) is 4.79 Å².